The minimum atomic E-state index is 0.419. The molecule has 84 valence electrons. The highest BCUT2D eigenvalue weighted by molar-refractivity contribution is 6.30. The van der Waals surface area contributed by atoms with Crippen molar-refractivity contribution in [2.75, 3.05) is 13.7 Å². The van der Waals surface area contributed by atoms with Crippen LogP contribution < -0.4 is 10.5 Å². The van der Waals surface area contributed by atoms with E-state index in [4.69, 9.17) is 22.1 Å². The van der Waals surface area contributed by atoms with Gasteiger partial charge in [-0.05, 0) is 49.1 Å². The normalized spacial score (nSPS) is 12.6. The number of hydrogen-bond donors (Lipinski definition) is 1. The van der Waals surface area contributed by atoms with Gasteiger partial charge in [-0.2, -0.15) is 0 Å². The van der Waals surface area contributed by atoms with Crippen molar-refractivity contribution in [3.05, 3.63) is 28.3 Å². The van der Waals surface area contributed by atoms with Gasteiger partial charge in [-0.15, -0.1) is 0 Å². The first kappa shape index (κ1) is 12.3. The van der Waals surface area contributed by atoms with E-state index in [0.717, 1.165) is 22.8 Å². The van der Waals surface area contributed by atoms with Crippen molar-refractivity contribution in [1.29, 1.82) is 0 Å². The average Bonchev–Trinajstić information content (AvgIpc) is 2.21. The number of benzene rings is 1. The van der Waals surface area contributed by atoms with Crippen molar-refractivity contribution in [3.63, 3.8) is 0 Å². The second kappa shape index (κ2) is 5.38. The van der Waals surface area contributed by atoms with Gasteiger partial charge in [0.25, 0.3) is 0 Å². The molecule has 0 radical (unpaired) electrons. The van der Waals surface area contributed by atoms with Gasteiger partial charge in [0, 0.05) is 5.02 Å². The van der Waals surface area contributed by atoms with E-state index in [2.05, 4.69) is 13.8 Å². The third-order valence-corrected chi connectivity index (χ3v) is 2.93. The molecule has 1 atom stereocenters. The molecule has 3 heteroatoms. The zero-order valence-electron chi connectivity index (χ0n) is 9.51. The summed E-state index contributed by atoms with van der Waals surface area (Å²) in [5, 5.41) is 0.719. The van der Waals surface area contributed by atoms with E-state index >= 15 is 0 Å². The first-order valence-corrected chi connectivity index (χ1v) is 5.52. The smallest absolute Gasteiger partial charge is 0.123 e. The van der Waals surface area contributed by atoms with Crippen LogP contribution >= 0.6 is 11.6 Å². The first-order valence-electron chi connectivity index (χ1n) is 5.14. The van der Waals surface area contributed by atoms with Crippen LogP contribution in [0.3, 0.4) is 0 Å². The topological polar surface area (TPSA) is 35.2 Å². The molecule has 1 aromatic carbocycles. The van der Waals surface area contributed by atoms with Crippen LogP contribution in [-0.2, 0) is 0 Å². The highest BCUT2D eigenvalue weighted by Gasteiger charge is 2.12. The lowest BCUT2D eigenvalue weighted by Gasteiger charge is -2.16. The average molecular weight is 228 g/mol. The summed E-state index contributed by atoms with van der Waals surface area (Å²) in [4.78, 5) is 0. The van der Waals surface area contributed by atoms with Crippen molar-refractivity contribution >= 4 is 11.6 Å². The Kier molecular flexibility index (Phi) is 4.43. The lowest BCUT2D eigenvalue weighted by atomic mass is 9.93. The van der Waals surface area contributed by atoms with Gasteiger partial charge in [0.1, 0.15) is 5.75 Å². The fourth-order valence-corrected chi connectivity index (χ4v) is 2.02. The summed E-state index contributed by atoms with van der Waals surface area (Å²) in [6.07, 6.45) is 0.963. The van der Waals surface area contributed by atoms with Crippen LogP contribution in [0.1, 0.15) is 30.4 Å². The number of halogens is 1. The minimum absolute atomic E-state index is 0.419. The summed E-state index contributed by atoms with van der Waals surface area (Å²) in [7, 11) is 1.66. The fraction of sp³-hybridized carbons (Fsp3) is 0.500. The molecular weight excluding hydrogens is 210 g/mol. The monoisotopic (exact) mass is 227 g/mol. The Balaban J connectivity index is 3.11. The number of rotatable bonds is 4. The van der Waals surface area contributed by atoms with E-state index in [1.807, 2.05) is 12.1 Å². The first-order chi connectivity index (χ1) is 7.10. The van der Waals surface area contributed by atoms with Crippen LogP contribution in [0.4, 0.5) is 0 Å². The Morgan fingerprint density at radius 1 is 1.47 bits per heavy atom. The van der Waals surface area contributed by atoms with Crippen molar-refractivity contribution in [2.45, 2.75) is 26.2 Å². The van der Waals surface area contributed by atoms with E-state index in [1.54, 1.807) is 7.11 Å². The molecule has 2 nitrogen and oxygen atoms in total. The number of ether oxygens (including phenoxy) is 1. The van der Waals surface area contributed by atoms with Gasteiger partial charge in [0.2, 0.25) is 0 Å². The zero-order chi connectivity index (χ0) is 11.4. The largest absolute Gasteiger partial charge is 0.496 e. The molecule has 0 saturated carbocycles. The molecule has 0 aliphatic carbocycles. The van der Waals surface area contributed by atoms with Crippen molar-refractivity contribution < 1.29 is 4.74 Å². The van der Waals surface area contributed by atoms with E-state index in [1.165, 1.54) is 5.56 Å². The Bertz CT molecular complexity index is 339. The van der Waals surface area contributed by atoms with E-state index in [9.17, 15) is 0 Å². The maximum absolute atomic E-state index is 6.03. The summed E-state index contributed by atoms with van der Waals surface area (Å²) >= 11 is 6.03. The molecule has 0 aliphatic heterocycles. The van der Waals surface area contributed by atoms with Crippen molar-refractivity contribution in [1.82, 2.24) is 0 Å². The van der Waals surface area contributed by atoms with E-state index in [-0.39, 0.29) is 0 Å². The molecule has 2 N–H and O–H groups in total. The van der Waals surface area contributed by atoms with Crippen LogP contribution in [0.2, 0.25) is 5.02 Å². The van der Waals surface area contributed by atoms with Crippen LogP contribution in [-0.4, -0.2) is 13.7 Å². The number of hydrogen-bond acceptors (Lipinski definition) is 2. The summed E-state index contributed by atoms with van der Waals surface area (Å²) in [6.45, 7) is 4.90. The standard InChI is InChI=1S/C12H18ClNO/c1-8(4-5-14)11-6-10(13)7-12(15-3)9(11)2/h6-8H,4-5,14H2,1-3H3. The lowest BCUT2D eigenvalue weighted by Crippen LogP contribution is -2.06. The van der Waals surface area contributed by atoms with Crippen molar-refractivity contribution in [2.24, 2.45) is 5.73 Å². The Morgan fingerprint density at radius 3 is 2.67 bits per heavy atom. The molecule has 15 heavy (non-hydrogen) atoms. The summed E-state index contributed by atoms with van der Waals surface area (Å²) in [5.41, 5.74) is 7.94. The molecule has 0 bridgehead atoms. The van der Waals surface area contributed by atoms with Gasteiger partial charge in [-0.1, -0.05) is 18.5 Å². The molecule has 0 spiro atoms. The molecular formula is C12H18ClNO. The maximum atomic E-state index is 6.03. The van der Waals surface area contributed by atoms with Crippen LogP contribution in [0, 0.1) is 6.92 Å². The number of nitrogens with two attached hydrogens (primary N) is 1. The van der Waals surface area contributed by atoms with Crippen molar-refractivity contribution in [3.8, 4) is 5.75 Å². The summed E-state index contributed by atoms with van der Waals surface area (Å²) in [5.74, 6) is 1.27. The zero-order valence-corrected chi connectivity index (χ0v) is 10.3. The molecule has 0 heterocycles. The molecule has 0 saturated heterocycles. The van der Waals surface area contributed by atoms with Crippen LogP contribution in [0.5, 0.6) is 5.75 Å². The van der Waals surface area contributed by atoms with Gasteiger partial charge in [-0.25, -0.2) is 0 Å². The second-order valence-electron chi connectivity index (χ2n) is 3.80. The molecule has 0 amide bonds. The van der Waals surface area contributed by atoms with Gasteiger partial charge in [0.05, 0.1) is 7.11 Å². The third-order valence-electron chi connectivity index (χ3n) is 2.72. The molecule has 0 fully saturated rings. The summed E-state index contributed by atoms with van der Waals surface area (Å²) < 4.78 is 5.28. The Labute approximate surface area is 96.4 Å². The fourth-order valence-electron chi connectivity index (χ4n) is 1.80. The molecule has 1 unspecified atom stereocenters. The molecule has 0 aliphatic rings. The maximum Gasteiger partial charge on any atom is 0.123 e. The van der Waals surface area contributed by atoms with E-state index < -0.39 is 0 Å². The van der Waals surface area contributed by atoms with Gasteiger partial charge in [0.15, 0.2) is 0 Å². The molecule has 0 aromatic heterocycles. The Morgan fingerprint density at radius 2 is 2.13 bits per heavy atom. The van der Waals surface area contributed by atoms with Gasteiger partial charge in [-0.3, -0.25) is 0 Å². The quantitative estimate of drug-likeness (QED) is 0.858. The Hall–Kier alpha value is -0.730. The van der Waals surface area contributed by atoms with Crippen LogP contribution in [0.15, 0.2) is 12.1 Å². The van der Waals surface area contributed by atoms with Gasteiger partial charge >= 0.3 is 0 Å². The highest BCUT2D eigenvalue weighted by Crippen LogP contribution is 2.32. The summed E-state index contributed by atoms with van der Waals surface area (Å²) in [6, 6.07) is 3.84. The SMILES string of the molecule is COc1cc(Cl)cc(C(C)CCN)c1C. The lowest BCUT2D eigenvalue weighted by molar-refractivity contribution is 0.410. The molecule has 1 aromatic rings. The van der Waals surface area contributed by atoms with E-state index in [0.29, 0.717) is 12.5 Å². The predicted octanol–water partition coefficient (Wildman–Crippen LogP) is 3.11. The highest BCUT2D eigenvalue weighted by atomic mass is 35.5. The molecule has 1 rings (SSSR count). The predicted molar refractivity (Wildman–Crippen MR) is 64.8 cm³/mol. The third kappa shape index (κ3) is 2.86. The minimum Gasteiger partial charge on any atom is -0.496 e. The van der Waals surface area contributed by atoms with Gasteiger partial charge < -0.3 is 10.5 Å². The second-order valence-corrected chi connectivity index (χ2v) is 4.24. The number of methoxy groups -OCH3 is 1. The van der Waals surface area contributed by atoms with Crippen LogP contribution in [0.25, 0.3) is 0 Å².